The summed E-state index contributed by atoms with van der Waals surface area (Å²) in [5.74, 6) is -0.416. The molecule has 2 aromatic carbocycles. The van der Waals surface area contributed by atoms with Crippen LogP contribution in [0.3, 0.4) is 0 Å². The van der Waals surface area contributed by atoms with Crippen LogP contribution in [0.5, 0.6) is 5.75 Å². The first-order valence-electron chi connectivity index (χ1n) is 5.77. The number of nitro groups is 1. The minimum absolute atomic E-state index is 0.0233. The van der Waals surface area contributed by atoms with Gasteiger partial charge in [0, 0.05) is 11.6 Å². The molecule has 0 saturated carbocycles. The Morgan fingerprint density at radius 3 is 2.81 bits per heavy atom. The van der Waals surface area contributed by atoms with E-state index in [-0.39, 0.29) is 28.1 Å². The van der Waals surface area contributed by atoms with Gasteiger partial charge in [-0.1, -0.05) is 12.1 Å². The van der Waals surface area contributed by atoms with E-state index >= 15 is 0 Å². The molecule has 0 aromatic heterocycles. The molecule has 0 unspecified atom stereocenters. The number of nitrogens with zero attached hydrogens (tertiary/aromatic N) is 2. The largest absolute Gasteiger partial charge is 0.482 e. The predicted octanol–water partition coefficient (Wildman–Crippen LogP) is 3.95. The van der Waals surface area contributed by atoms with E-state index in [9.17, 15) is 14.5 Å². The quantitative estimate of drug-likeness (QED) is 0.617. The summed E-state index contributed by atoms with van der Waals surface area (Å²) in [6, 6.07) is 10.2. The monoisotopic (exact) mass is 350 g/mol. The van der Waals surface area contributed by atoms with Crippen LogP contribution in [0.4, 0.5) is 10.1 Å². The van der Waals surface area contributed by atoms with Gasteiger partial charge in [-0.2, -0.15) is 5.26 Å². The van der Waals surface area contributed by atoms with E-state index in [0.717, 1.165) is 6.07 Å². The van der Waals surface area contributed by atoms with E-state index in [1.165, 1.54) is 24.3 Å². The first kappa shape index (κ1) is 14.9. The molecule has 2 rings (SSSR count). The molecule has 0 fully saturated rings. The smallest absolute Gasteiger partial charge is 0.312 e. The van der Waals surface area contributed by atoms with Crippen LogP contribution in [0.1, 0.15) is 11.1 Å². The normalized spacial score (nSPS) is 9.95. The van der Waals surface area contributed by atoms with Crippen LogP contribution in [0, 0.1) is 27.3 Å². The van der Waals surface area contributed by atoms with E-state index in [0.29, 0.717) is 5.56 Å². The van der Waals surface area contributed by atoms with Gasteiger partial charge in [0.2, 0.25) is 0 Å². The third kappa shape index (κ3) is 3.35. The lowest BCUT2D eigenvalue weighted by Crippen LogP contribution is -2.01. The van der Waals surface area contributed by atoms with Crippen LogP contribution in [0.25, 0.3) is 0 Å². The molecule has 0 aliphatic rings. The van der Waals surface area contributed by atoms with E-state index in [2.05, 4.69) is 15.9 Å². The Hall–Kier alpha value is -2.46. The molecule has 0 saturated heterocycles. The predicted molar refractivity (Wildman–Crippen MR) is 76.2 cm³/mol. The van der Waals surface area contributed by atoms with Gasteiger partial charge in [-0.05, 0) is 34.1 Å². The molecule has 0 heterocycles. The zero-order valence-corrected chi connectivity index (χ0v) is 12.1. The Morgan fingerprint density at radius 2 is 2.14 bits per heavy atom. The zero-order valence-electron chi connectivity index (χ0n) is 10.5. The number of hydrogen-bond donors (Lipinski definition) is 0. The van der Waals surface area contributed by atoms with Gasteiger partial charge in [-0.15, -0.1) is 0 Å². The number of nitriles is 1. The van der Waals surface area contributed by atoms with Crippen LogP contribution < -0.4 is 4.74 Å². The first-order valence-corrected chi connectivity index (χ1v) is 6.56. The standard InChI is InChI=1S/C14H8BrFN2O3/c15-14-10(2-1-3-11(14)16)8-21-13-5-4-9(7-17)6-12(13)18(19)20/h1-6H,8H2. The lowest BCUT2D eigenvalue weighted by Gasteiger charge is -2.09. The highest BCUT2D eigenvalue weighted by Crippen LogP contribution is 2.29. The molecule has 106 valence electrons. The minimum Gasteiger partial charge on any atom is -0.482 e. The molecule has 0 aliphatic heterocycles. The fraction of sp³-hybridized carbons (Fsp3) is 0.0714. The second kappa shape index (κ2) is 6.33. The van der Waals surface area contributed by atoms with Crippen LogP contribution in [-0.2, 0) is 6.61 Å². The molecule has 0 bridgehead atoms. The van der Waals surface area contributed by atoms with E-state index in [1.54, 1.807) is 6.07 Å². The second-order valence-corrected chi connectivity index (χ2v) is 4.85. The van der Waals surface area contributed by atoms with Crippen molar-refractivity contribution in [1.82, 2.24) is 0 Å². The van der Waals surface area contributed by atoms with Crippen molar-refractivity contribution < 1.29 is 14.1 Å². The Morgan fingerprint density at radius 1 is 1.38 bits per heavy atom. The van der Waals surface area contributed by atoms with Gasteiger partial charge in [0.25, 0.3) is 0 Å². The average molecular weight is 351 g/mol. The van der Waals surface area contributed by atoms with Crippen LogP contribution >= 0.6 is 15.9 Å². The number of halogens is 2. The SMILES string of the molecule is N#Cc1ccc(OCc2cccc(F)c2Br)c([N+](=O)[O-])c1. The third-order valence-electron chi connectivity index (χ3n) is 2.70. The van der Waals surface area contributed by atoms with Crippen molar-refractivity contribution >= 4 is 21.6 Å². The molecule has 0 amide bonds. The molecule has 5 nitrogen and oxygen atoms in total. The maximum Gasteiger partial charge on any atom is 0.312 e. The summed E-state index contributed by atoms with van der Waals surface area (Å²) in [4.78, 5) is 10.3. The van der Waals surface area contributed by atoms with Gasteiger partial charge < -0.3 is 4.74 Å². The number of nitro benzene ring substituents is 1. The lowest BCUT2D eigenvalue weighted by molar-refractivity contribution is -0.386. The molecular formula is C14H8BrFN2O3. The summed E-state index contributed by atoms with van der Waals surface area (Å²) < 4.78 is 19.0. The summed E-state index contributed by atoms with van der Waals surface area (Å²) >= 11 is 3.09. The molecule has 0 N–H and O–H groups in total. The maximum atomic E-state index is 13.4. The molecule has 7 heteroatoms. The summed E-state index contributed by atoms with van der Waals surface area (Å²) in [6.45, 7) is -0.0366. The van der Waals surface area contributed by atoms with Gasteiger partial charge >= 0.3 is 5.69 Å². The fourth-order valence-corrected chi connectivity index (χ4v) is 2.05. The van der Waals surface area contributed by atoms with Crippen LogP contribution in [0.15, 0.2) is 40.9 Å². The Balaban J connectivity index is 2.26. The molecule has 0 aliphatic carbocycles. The summed E-state index contributed by atoms with van der Waals surface area (Å²) in [7, 11) is 0. The highest BCUT2D eigenvalue weighted by Gasteiger charge is 2.17. The van der Waals surface area contributed by atoms with Gasteiger partial charge in [-0.25, -0.2) is 4.39 Å². The molecule has 0 atom stereocenters. The van der Waals surface area contributed by atoms with Crippen molar-refractivity contribution in [1.29, 1.82) is 5.26 Å². The molecular weight excluding hydrogens is 343 g/mol. The van der Waals surface area contributed by atoms with Crippen molar-refractivity contribution in [2.45, 2.75) is 6.61 Å². The lowest BCUT2D eigenvalue weighted by atomic mass is 10.2. The van der Waals surface area contributed by atoms with E-state index in [4.69, 9.17) is 10.00 Å². The number of rotatable bonds is 4. The first-order chi connectivity index (χ1) is 10.0. The summed E-state index contributed by atoms with van der Waals surface area (Å²) in [5.41, 5.74) is 0.385. The highest BCUT2D eigenvalue weighted by atomic mass is 79.9. The zero-order chi connectivity index (χ0) is 15.4. The summed E-state index contributed by atoms with van der Waals surface area (Å²) in [5, 5.41) is 19.7. The van der Waals surface area contributed by atoms with E-state index in [1.807, 2.05) is 6.07 Å². The highest BCUT2D eigenvalue weighted by molar-refractivity contribution is 9.10. The van der Waals surface area contributed by atoms with Crippen LogP contribution in [-0.4, -0.2) is 4.92 Å². The molecule has 2 aromatic rings. The van der Waals surface area contributed by atoms with Crippen LogP contribution in [0.2, 0.25) is 0 Å². The van der Waals surface area contributed by atoms with Crippen molar-refractivity contribution in [2.75, 3.05) is 0 Å². The number of ether oxygens (including phenoxy) is 1. The average Bonchev–Trinajstić information content (AvgIpc) is 2.48. The van der Waals surface area contributed by atoms with Crippen molar-refractivity contribution in [2.24, 2.45) is 0 Å². The molecule has 0 spiro atoms. The third-order valence-corrected chi connectivity index (χ3v) is 3.59. The number of benzene rings is 2. The van der Waals surface area contributed by atoms with Crippen molar-refractivity contribution in [3.8, 4) is 11.8 Å². The molecule has 0 radical (unpaired) electrons. The van der Waals surface area contributed by atoms with Gasteiger partial charge in [0.15, 0.2) is 5.75 Å². The summed E-state index contributed by atoms with van der Waals surface area (Å²) in [6.07, 6.45) is 0. The van der Waals surface area contributed by atoms with Gasteiger partial charge in [0.1, 0.15) is 12.4 Å². The van der Waals surface area contributed by atoms with Gasteiger partial charge in [0.05, 0.1) is 21.0 Å². The Labute approximate surface area is 127 Å². The molecule has 21 heavy (non-hydrogen) atoms. The maximum absolute atomic E-state index is 13.4. The number of hydrogen-bond acceptors (Lipinski definition) is 4. The Bertz CT molecular complexity index is 743. The van der Waals surface area contributed by atoms with Crippen molar-refractivity contribution in [3.05, 3.63) is 67.9 Å². The second-order valence-electron chi connectivity index (χ2n) is 4.05. The van der Waals surface area contributed by atoms with Crippen molar-refractivity contribution in [3.63, 3.8) is 0 Å². The van der Waals surface area contributed by atoms with E-state index < -0.39 is 10.7 Å². The minimum atomic E-state index is -0.628. The van der Waals surface area contributed by atoms with Gasteiger partial charge in [-0.3, -0.25) is 10.1 Å². The fourth-order valence-electron chi connectivity index (χ4n) is 1.67. The Kier molecular flexibility index (Phi) is 4.50. The topological polar surface area (TPSA) is 76.2 Å².